The van der Waals surface area contributed by atoms with Crippen molar-refractivity contribution in [2.75, 3.05) is 290 Å². The van der Waals surface area contributed by atoms with Crippen molar-refractivity contribution < 1.29 is 90.9 Å². The molecule has 4 unspecified atom stereocenters. The average Bonchev–Trinajstić information content (AvgIpc) is 1.75. The summed E-state index contributed by atoms with van der Waals surface area (Å²) in [5, 5.41) is 150. The maximum Gasteiger partial charge on any atom is 0.234 e. The van der Waals surface area contributed by atoms with Gasteiger partial charge in [-0.1, -0.05) is 26.7 Å². The van der Waals surface area contributed by atoms with Gasteiger partial charge in [0.1, 0.15) is 0 Å². The Balaban J connectivity index is 0.000000481. The van der Waals surface area contributed by atoms with Gasteiger partial charge in [-0.05, 0) is 330 Å². The topological polar surface area (TPSA) is 470 Å². The number of piperidine rings is 2. The minimum Gasteiger partial charge on any atom is -0.396 e. The molecule has 5 aliphatic carbocycles. The van der Waals surface area contributed by atoms with Crippen molar-refractivity contribution in [2.45, 2.75) is 303 Å². The number of rotatable bonds is 18. The van der Waals surface area contributed by atoms with Gasteiger partial charge in [-0.2, -0.15) is 0 Å². The second kappa shape index (κ2) is 73.3. The molecule has 17 fully saturated rings. The predicted molar refractivity (Wildman–Crippen MR) is 536 cm³/mol. The van der Waals surface area contributed by atoms with Crippen LogP contribution in [-0.2, 0) is 14.3 Å². The summed E-state index contributed by atoms with van der Waals surface area (Å²) in [6.07, 6.45) is 31.8. The number of hydrogen-bond donors (Lipinski definition) is 22. The highest BCUT2D eigenvalue weighted by Crippen LogP contribution is 2.47. The number of carbonyl (C=O) groups excluding carboxylic acids is 1. The molecule has 17 aliphatic rings. The highest BCUT2D eigenvalue weighted by Gasteiger charge is 2.50. The molecule has 5 saturated carbocycles. The van der Waals surface area contributed by atoms with Crippen molar-refractivity contribution in [3.05, 3.63) is 0 Å². The van der Waals surface area contributed by atoms with E-state index in [1.54, 1.807) is 14.1 Å². The van der Waals surface area contributed by atoms with Crippen LogP contribution in [-0.4, -0.2) is 531 Å². The van der Waals surface area contributed by atoms with Crippen LogP contribution in [0.4, 0.5) is 0 Å². The fourth-order valence-corrected chi connectivity index (χ4v) is 19.9. The molecule has 17 rings (SSSR count). The average molecular weight is 1910 g/mol. The molecule has 4 bridgehead atoms. The van der Waals surface area contributed by atoms with Crippen molar-refractivity contribution >= 4 is 5.91 Å². The van der Waals surface area contributed by atoms with E-state index in [9.17, 15) is 15.0 Å². The summed E-state index contributed by atoms with van der Waals surface area (Å²) in [6, 6.07) is 4.21. The molecule has 35 heteroatoms. The van der Waals surface area contributed by atoms with Crippen molar-refractivity contribution in [2.24, 2.45) is 40.2 Å². The first-order chi connectivity index (χ1) is 63.3. The van der Waals surface area contributed by atoms with Crippen LogP contribution in [0.1, 0.15) is 194 Å². The van der Waals surface area contributed by atoms with Gasteiger partial charge in [0.15, 0.2) is 0 Å². The van der Waals surface area contributed by atoms with Crippen LogP contribution < -0.4 is 37.6 Å². The van der Waals surface area contributed by atoms with Crippen LogP contribution in [0.5, 0.6) is 0 Å². The minimum absolute atomic E-state index is 0.00583. The Morgan fingerprint density at radius 3 is 1.12 bits per heavy atom. The number of likely N-dealkylation sites (tertiary alicyclic amines) is 7. The van der Waals surface area contributed by atoms with Crippen LogP contribution in [0, 0.1) is 34.5 Å². The lowest BCUT2D eigenvalue weighted by atomic mass is 9.62. The number of aliphatic hydroxyl groups excluding tert-OH is 15. The molecule has 12 atom stereocenters. The Labute approximate surface area is 807 Å². The van der Waals surface area contributed by atoms with Crippen molar-refractivity contribution in [3.63, 3.8) is 0 Å². The lowest BCUT2D eigenvalue weighted by Crippen LogP contribution is -2.62. The van der Waals surface area contributed by atoms with Gasteiger partial charge < -0.3 is 163 Å². The highest BCUT2D eigenvalue weighted by molar-refractivity contribution is 5.80. The third-order valence-electron chi connectivity index (χ3n) is 29.7. The van der Waals surface area contributed by atoms with E-state index in [-0.39, 0.29) is 104 Å². The molecular formula is C98H209N17O18. The lowest BCUT2D eigenvalue weighted by Gasteiger charge is -2.56. The number of nitrogens with one attached hydrogen (secondary N) is 6. The molecule has 1 spiro atoms. The molecule has 12 saturated heterocycles. The van der Waals surface area contributed by atoms with Gasteiger partial charge >= 0.3 is 0 Å². The number of ether oxygens (including phenoxy) is 2. The Morgan fingerprint density at radius 1 is 0.406 bits per heavy atom. The number of nitrogens with two attached hydrogens (primary N) is 1. The van der Waals surface area contributed by atoms with Crippen LogP contribution in [0.3, 0.4) is 0 Å². The first-order valence-corrected chi connectivity index (χ1v) is 51.4. The van der Waals surface area contributed by atoms with Crippen LogP contribution in [0.15, 0.2) is 0 Å². The summed E-state index contributed by atoms with van der Waals surface area (Å²) < 4.78 is 10.5. The zero-order chi connectivity index (χ0) is 99.6. The van der Waals surface area contributed by atoms with E-state index in [0.29, 0.717) is 74.6 Å². The molecule has 133 heavy (non-hydrogen) atoms. The Kier molecular flexibility index (Phi) is 70.1. The van der Waals surface area contributed by atoms with E-state index in [2.05, 4.69) is 123 Å². The standard InChI is InChI=1S/C8H15NO.2C8H17NO.2C7H13NO.C6H14N2O.C6H13NO2.5C6H13NO.2C5H11NO.C4H11NO2.C4H9NO/c1-9-6-2-3-7(9)5-8(10)4-6;1-9-6-7-2-4-8(10)5-3-7;1-9-8-5-3-2-4-7(8)6-10;1-8-4-7(5-8)2-6(9)3-7;1-8-6-2-3-7(8)5-9-4-6;1-4(2)5(8-3)6(7)9;1-7-2-3-9-5-6(7)4-8;1-7-4-5-2-6(8)3-5;1-7-4-2-6(8)3-5-7;1-7-4-6(5-8)2-3-6;2*1-7-4-2-3-6(7)5-8;2*1-6-3-2-5(7)4-6;1-5-4(2-6)3-7;1-5-2-4(6)3-5/h6-8,10H,2-5H2,1H3;2*7-10H,2-6H2,1H3;6,9H,2-5H2,1H3;6-7H,2-5H2,1H3;4-5,8H,1-3H3,(H2,7,9);6,8H,2-5H2,1H3;5-8H,2-4H2,1H3;6,8H,2-5H2,1H3;7-8H,2-5H2,1H3;2*6,8H,2-5H2,1H3;2*5,7H,2-4H2,1H3;4-7H,2-3H2,1H3;4,6H,2-3H2,1H3/t;;7-,8-;;;5-;6-;;;;2*6-;2*5-;;/m..0..01...1010../s1. The number of primary amides is 1. The summed E-state index contributed by atoms with van der Waals surface area (Å²) >= 11 is 0. The first-order valence-electron chi connectivity index (χ1n) is 51.4. The monoisotopic (exact) mass is 1910 g/mol. The predicted octanol–water partition coefficient (Wildman–Crippen LogP) is -0.914. The van der Waals surface area contributed by atoms with Crippen LogP contribution in [0.2, 0.25) is 0 Å². The second-order valence-corrected chi connectivity index (χ2v) is 42.0. The van der Waals surface area contributed by atoms with E-state index in [4.69, 9.17) is 81.6 Å². The molecular weight excluding hydrogens is 1700 g/mol. The number of nitrogens with zero attached hydrogens (tertiary/aromatic N) is 10. The number of likely N-dealkylation sites (N-methyl/N-ethyl adjacent to an activating group) is 9. The molecule has 794 valence electrons. The minimum atomic E-state index is -0.285. The van der Waals surface area contributed by atoms with Gasteiger partial charge in [-0.3, -0.25) is 14.6 Å². The maximum atomic E-state index is 10.5. The van der Waals surface area contributed by atoms with Crippen LogP contribution >= 0.6 is 0 Å². The first kappa shape index (κ1) is 127. The molecule has 0 aromatic carbocycles. The van der Waals surface area contributed by atoms with Gasteiger partial charge in [-0.15, -0.1) is 0 Å². The summed E-state index contributed by atoms with van der Waals surface area (Å²) in [4.78, 5) is 32.8. The molecule has 35 nitrogen and oxygen atoms in total. The van der Waals surface area contributed by atoms with Gasteiger partial charge in [0.05, 0.1) is 126 Å². The molecule has 0 aromatic heterocycles. The third kappa shape index (κ3) is 54.4. The van der Waals surface area contributed by atoms with Gasteiger partial charge in [0, 0.05) is 145 Å². The molecule has 0 radical (unpaired) electrons. The zero-order valence-electron chi connectivity index (χ0n) is 87.1. The normalized spacial score (nSPS) is 31.4. The SMILES string of the molecule is CN1C2CCC1CC(O)C2.CN1C2CCC1COC2.CN1CC(O)C1.CN1CC2(CC(O)C2)C1.CN1CCC(O)CC1.CN1CCC[C@@H]1CO.CN1CCC[C@H]1CO.CN1CCOC[C@H]1CO.CN1CC[C@@H](O)C1.CN1CC[C@H](O)C1.CNC(CO)CO.CNCC1(CO)CC1.CNCC1CC(O)C1.CNCC1CCC(O)CC1.CN[C@H](C(N)=O)C(C)C.CN[C@H]1CCCC[C@H]1CO. The van der Waals surface area contributed by atoms with E-state index in [1.165, 1.54) is 116 Å². The number of β-amino-alcohol motifs (C(OH)–C–C–N with tert-alkyl or cyclic N) is 3. The quantitative estimate of drug-likeness (QED) is 0.0789. The molecule has 0 aromatic rings. The number of fused-ring (bicyclic) bond motifs is 4. The molecule has 12 heterocycles. The lowest BCUT2D eigenvalue weighted by molar-refractivity contribution is -0.120. The third-order valence-corrected chi connectivity index (χ3v) is 29.7. The molecule has 1 amide bonds. The van der Waals surface area contributed by atoms with Crippen molar-refractivity contribution in [3.8, 4) is 0 Å². The second-order valence-electron chi connectivity index (χ2n) is 42.0. The number of aliphatic hydroxyl groups is 15. The van der Waals surface area contributed by atoms with Gasteiger partial charge in [-0.25, -0.2) is 0 Å². The summed E-state index contributed by atoms with van der Waals surface area (Å²) in [6.45, 7) is 25.4. The van der Waals surface area contributed by atoms with Crippen LogP contribution in [0.25, 0.3) is 0 Å². The van der Waals surface area contributed by atoms with E-state index in [0.717, 1.165) is 212 Å². The Morgan fingerprint density at radius 2 is 0.850 bits per heavy atom. The van der Waals surface area contributed by atoms with E-state index in [1.807, 2.05) is 70.2 Å². The van der Waals surface area contributed by atoms with Crippen molar-refractivity contribution in [1.29, 1.82) is 0 Å². The maximum absolute atomic E-state index is 10.5. The number of morpholine rings is 2. The summed E-state index contributed by atoms with van der Waals surface area (Å²) in [5.41, 5.74) is 5.90. The Bertz CT molecular complexity index is 2590. The number of amides is 1. The fourth-order valence-electron chi connectivity index (χ4n) is 19.9. The summed E-state index contributed by atoms with van der Waals surface area (Å²) in [7, 11) is 32.1. The smallest absolute Gasteiger partial charge is 0.234 e. The van der Waals surface area contributed by atoms with Crippen molar-refractivity contribution in [1.82, 2.24) is 80.9 Å². The van der Waals surface area contributed by atoms with E-state index >= 15 is 0 Å². The van der Waals surface area contributed by atoms with Gasteiger partial charge in [0.25, 0.3) is 0 Å². The molecule has 23 N–H and O–H groups in total. The fraction of sp³-hybridized carbons (Fsp3) is 0.990. The largest absolute Gasteiger partial charge is 0.396 e. The highest BCUT2D eigenvalue weighted by atomic mass is 16.5. The number of hydrogen-bond acceptors (Lipinski definition) is 34. The Hall–Kier alpha value is -1.85. The summed E-state index contributed by atoms with van der Waals surface area (Å²) in [5.74, 6) is 2.06. The van der Waals surface area contributed by atoms with Gasteiger partial charge in [0.2, 0.25) is 5.91 Å². The zero-order valence-corrected chi connectivity index (χ0v) is 87.1. The van der Waals surface area contributed by atoms with E-state index < -0.39 is 0 Å². The number of carbonyl (C=O) groups is 1. The molecule has 12 aliphatic heterocycles.